The number of hydrogen-bond donors (Lipinski definition) is 17. The van der Waals surface area contributed by atoms with Crippen LogP contribution in [0.3, 0.4) is 0 Å². The molecule has 0 fully saturated rings. The van der Waals surface area contributed by atoms with Gasteiger partial charge in [0, 0.05) is 79.4 Å². The zero-order chi connectivity index (χ0) is 92.7. The van der Waals surface area contributed by atoms with E-state index in [4.69, 9.17) is 164 Å². The third-order valence-electron chi connectivity index (χ3n) is 18.6. The SMILES string of the molecule is Cc1c(C)c(N)c(C)c(C)c1N.Cc1cc(N)c(C)cc1N.Cc1cc(N)ccc1-c1ccc(N)cc1C(F)(F)F.Nc1c(Cl)c(N)c(Cl)c(Cl)c1Cl.Nc1c(F)c(F)c(N)c(Cl)c1F.Nc1cc(N)cc(C(=O)O)c1.Nc1ccc(-c2ccc(N)cc2-c2ccco2)c(-c2ccco2)c1.Nc1cccc(C(c2cccc(N)c2)(C(F)(F)F)C(F)(F)F)c1. The Morgan fingerprint density at radius 2 is 0.675 bits per heavy atom. The Kier molecular flexibility index (Phi) is 32.9. The summed E-state index contributed by atoms with van der Waals surface area (Å²) in [5, 5.41) is 8.33. The van der Waals surface area contributed by atoms with Crippen molar-refractivity contribution in [3.05, 3.63) is 292 Å². The summed E-state index contributed by atoms with van der Waals surface area (Å²) in [5.74, 6) is -3.69. The molecule has 0 saturated carbocycles. The number of carboxylic acids is 1. The van der Waals surface area contributed by atoms with Gasteiger partial charge in [0.15, 0.2) is 17.5 Å². The van der Waals surface area contributed by atoms with Crippen LogP contribution in [0.5, 0.6) is 0 Å². The molecule has 13 aromatic rings. The molecular formula is C86H85Cl5F12N16O4. The van der Waals surface area contributed by atoms with Crippen LogP contribution in [0.15, 0.2) is 197 Å². The molecule has 0 unspecified atom stereocenters. The lowest BCUT2D eigenvalue weighted by Crippen LogP contribution is -2.54. The summed E-state index contributed by atoms with van der Waals surface area (Å²) in [6.07, 6.45) is -12.4. The van der Waals surface area contributed by atoms with E-state index in [9.17, 15) is 57.5 Å². The molecular weight excluding hydrogens is 1730 g/mol. The average molecular weight is 1810 g/mol. The van der Waals surface area contributed by atoms with E-state index < -0.39 is 80.5 Å². The zero-order valence-electron chi connectivity index (χ0n) is 66.2. The summed E-state index contributed by atoms with van der Waals surface area (Å²) in [5.41, 5.74) is 97.3. The van der Waals surface area contributed by atoms with Crippen LogP contribution in [0.2, 0.25) is 25.1 Å². The normalized spacial score (nSPS) is 11.0. The number of alkyl halides is 9. The number of carboxylic acid groups (broad SMARTS) is 1. The third kappa shape index (κ3) is 23.7. The van der Waals surface area contributed by atoms with Crippen molar-refractivity contribution < 1.29 is 71.4 Å². The Hall–Kier alpha value is -13.1. The topological polar surface area (TPSA) is 480 Å². The monoisotopic (exact) mass is 1810 g/mol. The first-order valence-electron chi connectivity index (χ1n) is 35.5. The highest BCUT2D eigenvalue weighted by Crippen LogP contribution is 2.57. The number of carbonyl (C=O) groups is 1. The Balaban J connectivity index is 0.000000222. The van der Waals surface area contributed by atoms with E-state index in [1.807, 2.05) is 114 Å². The lowest BCUT2D eigenvalue weighted by atomic mass is 9.72. The van der Waals surface area contributed by atoms with Crippen molar-refractivity contribution in [2.45, 2.75) is 72.4 Å². The van der Waals surface area contributed by atoms with Crippen LogP contribution in [-0.4, -0.2) is 23.4 Å². The Morgan fingerprint density at radius 1 is 0.317 bits per heavy atom. The quantitative estimate of drug-likeness (QED) is 0.0305. The van der Waals surface area contributed by atoms with Gasteiger partial charge in [0.1, 0.15) is 22.2 Å². The minimum Gasteiger partial charge on any atom is -0.478 e. The largest absolute Gasteiger partial charge is 0.478 e. The number of hydrogen-bond acceptors (Lipinski definition) is 19. The van der Waals surface area contributed by atoms with Crippen LogP contribution >= 0.6 is 58.0 Å². The van der Waals surface area contributed by atoms with Gasteiger partial charge in [0.2, 0.25) is 5.41 Å². The molecule has 37 heteroatoms. The van der Waals surface area contributed by atoms with Crippen molar-refractivity contribution in [1.82, 2.24) is 0 Å². The molecule has 20 nitrogen and oxygen atoms in total. The third-order valence-corrected chi connectivity index (χ3v) is 20.7. The molecule has 0 aliphatic heterocycles. The lowest BCUT2D eigenvalue weighted by molar-refractivity contribution is -0.288. The number of nitrogen functional groups attached to an aromatic ring is 16. The number of nitrogens with two attached hydrogens (primary N) is 16. The second kappa shape index (κ2) is 41.0. The summed E-state index contributed by atoms with van der Waals surface area (Å²) >= 11 is 27.9. The molecule has 13 rings (SSSR count). The molecule has 0 aliphatic carbocycles. The van der Waals surface area contributed by atoms with Gasteiger partial charge in [0.05, 0.1) is 60.8 Å². The first kappa shape index (κ1) is 98.7. The first-order chi connectivity index (χ1) is 57.1. The highest BCUT2D eigenvalue weighted by atomic mass is 35.5. The van der Waals surface area contributed by atoms with E-state index in [1.165, 1.54) is 42.5 Å². The minimum absolute atomic E-state index is 0.0872. The number of aromatic carboxylic acids is 1. The predicted molar refractivity (Wildman–Crippen MR) is 478 cm³/mol. The van der Waals surface area contributed by atoms with Crippen LogP contribution in [-0.2, 0) is 11.6 Å². The molecule has 0 radical (unpaired) electrons. The van der Waals surface area contributed by atoms with Gasteiger partial charge >= 0.3 is 24.5 Å². The van der Waals surface area contributed by atoms with Gasteiger partial charge in [-0.15, -0.1) is 0 Å². The fourth-order valence-corrected chi connectivity index (χ4v) is 12.9. The van der Waals surface area contributed by atoms with Crippen LogP contribution in [0.25, 0.3) is 44.9 Å². The number of anilines is 16. The summed E-state index contributed by atoms with van der Waals surface area (Å²) in [4.78, 5) is 10.4. The first-order valence-corrected chi connectivity index (χ1v) is 37.4. The maximum absolute atomic E-state index is 13.7. The van der Waals surface area contributed by atoms with Crippen LogP contribution in [0.1, 0.15) is 66.0 Å². The molecule has 123 heavy (non-hydrogen) atoms. The molecule has 0 bridgehead atoms. The second-order valence-corrected chi connectivity index (χ2v) is 29.1. The van der Waals surface area contributed by atoms with Gasteiger partial charge in [-0.1, -0.05) is 107 Å². The van der Waals surface area contributed by atoms with Gasteiger partial charge in [0.25, 0.3) is 0 Å². The van der Waals surface area contributed by atoms with E-state index in [2.05, 4.69) is 0 Å². The highest BCUT2D eigenvalue weighted by Gasteiger charge is 2.72. The van der Waals surface area contributed by atoms with Gasteiger partial charge in [-0.3, -0.25) is 0 Å². The van der Waals surface area contributed by atoms with Crippen LogP contribution in [0.4, 0.5) is 144 Å². The fraction of sp³-hybridized carbons (Fsp3) is 0.128. The van der Waals surface area contributed by atoms with E-state index >= 15 is 0 Å². The molecule has 33 N–H and O–H groups in total. The molecule has 11 aromatic carbocycles. The molecule has 0 amide bonds. The van der Waals surface area contributed by atoms with E-state index in [0.29, 0.717) is 51.7 Å². The van der Waals surface area contributed by atoms with Crippen molar-refractivity contribution in [2.24, 2.45) is 0 Å². The summed E-state index contributed by atoms with van der Waals surface area (Å²) < 4.78 is 170. The molecule has 0 saturated heterocycles. The van der Waals surface area contributed by atoms with E-state index in [0.717, 1.165) is 120 Å². The van der Waals surface area contributed by atoms with Gasteiger partial charge < -0.3 is 106 Å². The van der Waals surface area contributed by atoms with Gasteiger partial charge in [-0.2, -0.15) is 39.5 Å². The summed E-state index contributed by atoms with van der Waals surface area (Å²) in [6.45, 7) is 13.7. The van der Waals surface area contributed by atoms with Gasteiger partial charge in [-0.05, 0) is 248 Å². The van der Waals surface area contributed by atoms with Crippen molar-refractivity contribution in [3.63, 3.8) is 0 Å². The number of halogens is 17. The predicted octanol–water partition coefficient (Wildman–Crippen LogP) is 22.6. The summed E-state index contributed by atoms with van der Waals surface area (Å²) in [6, 6.07) is 43.1. The van der Waals surface area contributed by atoms with Gasteiger partial charge in [-0.25, -0.2) is 18.0 Å². The van der Waals surface area contributed by atoms with Crippen molar-refractivity contribution in [3.8, 4) is 44.9 Å². The number of rotatable bonds is 7. The maximum Gasteiger partial charge on any atom is 0.417 e. The Morgan fingerprint density at radius 3 is 1.02 bits per heavy atom. The lowest BCUT2D eigenvalue weighted by Gasteiger charge is -2.38. The van der Waals surface area contributed by atoms with Crippen molar-refractivity contribution in [1.29, 1.82) is 0 Å². The molecule has 0 aliphatic rings. The van der Waals surface area contributed by atoms with E-state index in [-0.39, 0.29) is 59.7 Å². The Bertz CT molecular complexity index is 5270. The Labute approximate surface area is 723 Å². The average Bonchev–Trinajstić information content (AvgIpc) is 0.760. The second-order valence-electron chi connectivity index (χ2n) is 27.2. The fourth-order valence-electron chi connectivity index (χ4n) is 11.8. The van der Waals surface area contributed by atoms with Crippen LogP contribution < -0.4 is 91.7 Å². The number of benzene rings is 11. The molecule has 0 atom stereocenters. The summed E-state index contributed by atoms with van der Waals surface area (Å²) in [7, 11) is 0. The minimum atomic E-state index is -5.65. The molecule has 2 aromatic heterocycles. The van der Waals surface area contributed by atoms with Crippen molar-refractivity contribution in [2.75, 3.05) is 91.7 Å². The zero-order valence-corrected chi connectivity index (χ0v) is 70.0. The number of furan rings is 2. The standard InChI is InChI=1S/C20H16N2O2.C15H12F6N2.C14H13F3N2.C10H16N2.C8H12N2.C7H8N2O2.C6H4Cl4N2.C6H4ClF3N2/c21-13-5-7-15(17(11-13)19-3-1-9-23-19)16-8-6-14(22)12-18(16)20-4-2-10-24-20;16-14(17,18)13(15(19,20)21,9-3-1-5-11(22)7-9)10-4-2-6-12(23)8-10;1-8-6-9(18)2-4-11(8)12-5-3-10(19)7-13(12)14(15,16)17;1-5-6(2)10(12)8(4)7(3)9(5)11;1-5-3-8(10)6(2)4-7(5)9;8-5-1-4(7(10)11)2-6(9)3-5;7-1-2(8)5(11)4(10)6(12)3(1)9;7-1-2(8)6(12)4(10)3(9)5(1)11/h1-12H,21-22H2;1-8H,22-23H2;2-7H,18-19H2,1H3;11-12H2,1-4H3;3-4H,9-10H2,1-2H3;1-3H,8-9H2,(H,10,11);2*11-12H2. The number of aryl methyl sites for hydroxylation is 3. The van der Waals surface area contributed by atoms with Crippen LogP contribution in [0, 0.1) is 65.9 Å². The van der Waals surface area contributed by atoms with Crippen molar-refractivity contribution >= 4 is 155 Å². The maximum atomic E-state index is 13.7. The smallest absolute Gasteiger partial charge is 0.417 e. The molecule has 0 spiro atoms. The molecule has 2 heterocycles. The molecule has 652 valence electrons. The highest BCUT2D eigenvalue weighted by molar-refractivity contribution is 6.53. The van der Waals surface area contributed by atoms with E-state index in [1.54, 1.807) is 37.6 Å².